The van der Waals surface area contributed by atoms with Crippen molar-refractivity contribution >= 4 is 17.4 Å². The van der Waals surface area contributed by atoms with E-state index in [2.05, 4.69) is 20.7 Å². The van der Waals surface area contributed by atoms with E-state index in [1.54, 1.807) is 36.3 Å². The first kappa shape index (κ1) is 12.1. The van der Waals surface area contributed by atoms with Crippen molar-refractivity contribution < 1.29 is 4.79 Å². The van der Waals surface area contributed by atoms with E-state index >= 15 is 0 Å². The van der Waals surface area contributed by atoms with Crippen molar-refractivity contribution in [3.8, 4) is 0 Å². The topological polar surface area (TPSA) is 71.8 Å². The number of carbonyl (C=O) groups excluding carboxylic acids is 1. The van der Waals surface area contributed by atoms with Gasteiger partial charge >= 0.3 is 0 Å². The monoisotopic (exact) mass is 245 g/mol. The van der Waals surface area contributed by atoms with Crippen LogP contribution < -0.4 is 10.6 Å². The minimum atomic E-state index is -0.270. The lowest BCUT2D eigenvalue weighted by Crippen LogP contribution is -2.14. The lowest BCUT2D eigenvalue weighted by molar-refractivity contribution is 0.102. The van der Waals surface area contributed by atoms with E-state index in [1.165, 1.54) is 0 Å². The zero-order valence-electron chi connectivity index (χ0n) is 10.3. The predicted molar refractivity (Wildman–Crippen MR) is 69.6 cm³/mol. The minimum Gasteiger partial charge on any atom is -0.385 e. The number of aryl methyl sites for hydroxylation is 1. The minimum absolute atomic E-state index is 0.270. The second-order valence-electron chi connectivity index (χ2n) is 3.79. The molecule has 0 fully saturated rings. The number of anilines is 2. The third-order valence-corrected chi connectivity index (χ3v) is 2.33. The van der Waals surface area contributed by atoms with Crippen LogP contribution in [-0.2, 0) is 7.05 Å². The first-order valence-electron chi connectivity index (χ1n) is 5.70. The van der Waals surface area contributed by atoms with Gasteiger partial charge < -0.3 is 10.6 Å². The Balaban J connectivity index is 2.11. The van der Waals surface area contributed by atoms with Gasteiger partial charge in [0.05, 0.1) is 0 Å². The molecule has 6 nitrogen and oxygen atoms in total. The summed E-state index contributed by atoms with van der Waals surface area (Å²) in [5.41, 5.74) is 1.23. The predicted octanol–water partition coefficient (Wildman–Crippen LogP) is 1.50. The number of aromatic nitrogens is 3. The van der Waals surface area contributed by atoms with Crippen molar-refractivity contribution in [2.45, 2.75) is 6.92 Å². The molecule has 0 unspecified atom stereocenters. The summed E-state index contributed by atoms with van der Waals surface area (Å²) in [7, 11) is 1.79. The van der Waals surface area contributed by atoms with E-state index in [9.17, 15) is 4.79 Å². The molecular formula is C12H15N5O. The molecule has 2 N–H and O–H groups in total. The number of pyridine rings is 1. The molecule has 1 amide bonds. The maximum Gasteiger partial charge on any atom is 0.275 e. The molecule has 0 aliphatic carbocycles. The highest BCUT2D eigenvalue weighted by molar-refractivity contribution is 6.02. The largest absolute Gasteiger partial charge is 0.385 e. The third-order valence-electron chi connectivity index (χ3n) is 2.33. The quantitative estimate of drug-likeness (QED) is 0.856. The molecule has 2 aromatic rings. The van der Waals surface area contributed by atoms with E-state index in [0.717, 1.165) is 12.2 Å². The Hall–Kier alpha value is -2.37. The second kappa shape index (κ2) is 5.31. The van der Waals surface area contributed by atoms with Gasteiger partial charge in [0.25, 0.3) is 5.91 Å². The molecule has 0 aliphatic heterocycles. The number of nitrogens with zero attached hydrogens (tertiary/aromatic N) is 3. The van der Waals surface area contributed by atoms with Crippen LogP contribution in [-0.4, -0.2) is 27.2 Å². The summed E-state index contributed by atoms with van der Waals surface area (Å²) in [5, 5.41) is 9.89. The number of carbonyl (C=O) groups is 1. The van der Waals surface area contributed by atoms with Gasteiger partial charge in [0.1, 0.15) is 5.69 Å². The first-order chi connectivity index (χ1) is 8.69. The van der Waals surface area contributed by atoms with Crippen LogP contribution in [0.4, 0.5) is 11.5 Å². The molecule has 2 rings (SSSR count). The molecule has 0 saturated carbocycles. The van der Waals surface area contributed by atoms with E-state index in [0.29, 0.717) is 11.5 Å². The van der Waals surface area contributed by atoms with E-state index in [4.69, 9.17) is 0 Å². The van der Waals surface area contributed by atoms with Gasteiger partial charge in [-0.15, -0.1) is 0 Å². The lowest BCUT2D eigenvalue weighted by Gasteiger charge is -2.05. The molecule has 0 bridgehead atoms. The molecule has 0 aromatic carbocycles. The van der Waals surface area contributed by atoms with Crippen molar-refractivity contribution in [1.29, 1.82) is 0 Å². The number of nitrogens with one attached hydrogen (secondary N) is 2. The van der Waals surface area contributed by atoms with E-state index < -0.39 is 0 Å². The summed E-state index contributed by atoms with van der Waals surface area (Å²) in [6, 6.07) is 5.26. The van der Waals surface area contributed by atoms with Crippen molar-refractivity contribution in [3.05, 3.63) is 36.3 Å². The summed E-state index contributed by atoms with van der Waals surface area (Å²) >= 11 is 0. The average molecular weight is 245 g/mol. The number of hydrogen-bond acceptors (Lipinski definition) is 4. The second-order valence-corrected chi connectivity index (χ2v) is 3.79. The zero-order chi connectivity index (χ0) is 13.0. The molecule has 0 spiro atoms. The number of rotatable bonds is 4. The normalized spacial score (nSPS) is 10.1. The van der Waals surface area contributed by atoms with Crippen LogP contribution in [0, 0.1) is 0 Å². The Kier molecular flexibility index (Phi) is 3.57. The van der Waals surface area contributed by atoms with Crippen LogP contribution in [0.3, 0.4) is 0 Å². The van der Waals surface area contributed by atoms with Gasteiger partial charge in [0.2, 0.25) is 0 Å². The van der Waals surface area contributed by atoms with Crippen molar-refractivity contribution in [1.82, 2.24) is 14.8 Å². The molecule has 18 heavy (non-hydrogen) atoms. The highest BCUT2D eigenvalue weighted by Crippen LogP contribution is 2.09. The molecule has 0 aliphatic rings. The molecule has 2 heterocycles. The first-order valence-corrected chi connectivity index (χ1v) is 5.70. The standard InChI is InChI=1S/C12H15N5O/c1-3-13-9-4-6-14-10(8-9)12(18)15-11-5-7-17(2)16-11/h4-8H,3H2,1-2H3,(H,13,14)(H,15,16,18). The summed E-state index contributed by atoms with van der Waals surface area (Å²) < 4.78 is 1.62. The summed E-state index contributed by atoms with van der Waals surface area (Å²) in [5.74, 6) is 0.242. The fraction of sp³-hybridized carbons (Fsp3) is 0.250. The smallest absolute Gasteiger partial charge is 0.275 e. The molecule has 0 saturated heterocycles. The SMILES string of the molecule is CCNc1ccnc(C(=O)Nc2ccn(C)n2)c1. The number of amides is 1. The van der Waals surface area contributed by atoms with Crippen molar-refractivity contribution in [2.24, 2.45) is 7.05 Å². The Morgan fingerprint density at radius 3 is 2.94 bits per heavy atom. The maximum atomic E-state index is 11.9. The van der Waals surface area contributed by atoms with Crippen molar-refractivity contribution in [2.75, 3.05) is 17.2 Å². The van der Waals surface area contributed by atoms with E-state index in [1.807, 2.05) is 13.0 Å². The molecule has 94 valence electrons. The van der Waals surface area contributed by atoms with Crippen LogP contribution in [0.25, 0.3) is 0 Å². The van der Waals surface area contributed by atoms with Crippen LogP contribution >= 0.6 is 0 Å². The number of hydrogen-bond donors (Lipinski definition) is 2. The Morgan fingerprint density at radius 1 is 1.44 bits per heavy atom. The maximum absolute atomic E-state index is 11.9. The Morgan fingerprint density at radius 2 is 2.28 bits per heavy atom. The highest BCUT2D eigenvalue weighted by atomic mass is 16.1. The highest BCUT2D eigenvalue weighted by Gasteiger charge is 2.09. The summed E-state index contributed by atoms with van der Waals surface area (Å²) in [4.78, 5) is 16.0. The van der Waals surface area contributed by atoms with Gasteiger partial charge in [-0.25, -0.2) is 0 Å². The third kappa shape index (κ3) is 2.85. The Labute approximate surface area is 105 Å². The Bertz CT molecular complexity index is 549. The fourth-order valence-corrected chi connectivity index (χ4v) is 1.53. The average Bonchev–Trinajstić information content (AvgIpc) is 2.75. The fourth-order valence-electron chi connectivity index (χ4n) is 1.53. The lowest BCUT2D eigenvalue weighted by atomic mass is 10.3. The van der Waals surface area contributed by atoms with Crippen molar-refractivity contribution in [3.63, 3.8) is 0 Å². The molecule has 0 atom stereocenters. The van der Waals surface area contributed by atoms with Crippen LogP contribution in [0.15, 0.2) is 30.6 Å². The van der Waals surface area contributed by atoms with Gasteiger partial charge in [0, 0.05) is 37.7 Å². The van der Waals surface area contributed by atoms with Gasteiger partial charge in [-0.2, -0.15) is 5.10 Å². The van der Waals surface area contributed by atoms with Gasteiger partial charge in [-0.1, -0.05) is 0 Å². The molecule has 6 heteroatoms. The molecule has 0 radical (unpaired) electrons. The van der Waals surface area contributed by atoms with Crippen LogP contribution in [0.1, 0.15) is 17.4 Å². The summed E-state index contributed by atoms with van der Waals surface area (Å²) in [6.45, 7) is 2.79. The van der Waals surface area contributed by atoms with Gasteiger partial charge in [-0.3, -0.25) is 14.5 Å². The molecule has 2 aromatic heterocycles. The molecular weight excluding hydrogens is 230 g/mol. The van der Waals surface area contributed by atoms with Gasteiger partial charge in [-0.05, 0) is 19.1 Å². The van der Waals surface area contributed by atoms with Crippen LogP contribution in [0.2, 0.25) is 0 Å². The summed E-state index contributed by atoms with van der Waals surface area (Å²) in [6.07, 6.45) is 3.36. The van der Waals surface area contributed by atoms with E-state index in [-0.39, 0.29) is 5.91 Å². The van der Waals surface area contributed by atoms with Gasteiger partial charge in [0.15, 0.2) is 5.82 Å². The zero-order valence-corrected chi connectivity index (χ0v) is 10.3. The van der Waals surface area contributed by atoms with Crippen LogP contribution in [0.5, 0.6) is 0 Å².